The summed E-state index contributed by atoms with van der Waals surface area (Å²) in [6.45, 7) is 2.01. The van der Waals surface area contributed by atoms with Crippen molar-refractivity contribution in [2.24, 2.45) is 12.8 Å². The molecular formula is C13H20N4O3. The number of hydrogen-bond donors (Lipinski definition) is 1. The van der Waals surface area contributed by atoms with Crippen molar-refractivity contribution in [3.8, 4) is 0 Å². The standard InChI is InChI=1S/C13H20N4O3/c1-3-20-11(18)8-17(10-4-5-10)13(19)12(14)9-6-15-16(2)7-9/h6-7,10,12H,3-5,8,14H2,1-2H3. The Bertz CT molecular complexity index is 496. The van der Waals surface area contributed by atoms with Gasteiger partial charge in [0.25, 0.3) is 0 Å². The van der Waals surface area contributed by atoms with Gasteiger partial charge in [-0.05, 0) is 19.8 Å². The van der Waals surface area contributed by atoms with Crippen molar-refractivity contribution in [1.29, 1.82) is 0 Å². The lowest BCUT2D eigenvalue weighted by Gasteiger charge is -2.24. The fourth-order valence-electron chi connectivity index (χ4n) is 2.04. The Morgan fingerprint density at radius 1 is 1.60 bits per heavy atom. The van der Waals surface area contributed by atoms with Gasteiger partial charge < -0.3 is 15.4 Å². The molecule has 110 valence electrons. The number of aryl methyl sites for hydroxylation is 1. The van der Waals surface area contributed by atoms with Crippen LogP contribution in [0.1, 0.15) is 31.4 Å². The van der Waals surface area contributed by atoms with Crippen molar-refractivity contribution in [2.45, 2.75) is 31.8 Å². The van der Waals surface area contributed by atoms with Crippen LogP contribution in [-0.4, -0.2) is 45.8 Å². The van der Waals surface area contributed by atoms with Gasteiger partial charge in [-0.3, -0.25) is 14.3 Å². The maximum atomic E-state index is 12.4. The van der Waals surface area contributed by atoms with Gasteiger partial charge in [0.1, 0.15) is 12.6 Å². The van der Waals surface area contributed by atoms with Gasteiger partial charge in [-0.15, -0.1) is 0 Å². The van der Waals surface area contributed by atoms with Gasteiger partial charge in [-0.25, -0.2) is 0 Å². The van der Waals surface area contributed by atoms with Crippen LogP contribution in [0.2, 0.25) is 0 Å². The minimum Gasteiger partial charge on any atom is -0.465 e. The zero-order valence-electron chi connectivity index (χ0n) is 11.8. The number of ether oxygens (including phenoxy) is 1. The minimum atomic E-state index is -0.793. The van der Waals surface area contributed by atoms with Crippen LogP contribution in [0.4, 0.5) is 0 Å². The predicted octanol–water partition coefficient (Wildman–Crippen LogP) is -0.0260. The lowest BCUT2D eigenvalue weighted by molar-refractivity contribution is -0.149. The fraction of sp³-hybridized carbons (Fsp3) is 0.615. The summed E-state index contributed by atoms with van der Waals surface area (Å²) in [5.41, 5.74) is 6.62. The van der Waals surface area contributed by atoms with E-state index in [1.807, 2.05) is 0 Å². The Hall–Kier alpha value is -1.89. The third-order valence-electron chi connectivity index (χ3n) is 3.23. The highest BCUT2D eigenvalue weighted by Gasteiger charge is 2.36. The van der Waals surface area contributed by atoms with Crippen LogP contribution in [0.15, 0.2) is 12.4 Å². The molecule has 1 aliphatic rings. The van der Waals surface area contributed by atoms with E-state index in [4.69, 9.17) is 10.5 Å². The number of rotatable bonds is 6. The minimum absolute atomic E-state index is 0.0364. The topological polar surface area (TPSA) is 90.4 Å². The van der Waals surface area contributed by atoms with Gasteiger partial charge in [0.15, 0.2) is 0 Å². The Kier molecular flexibility index (Phi) is 4.39. The first kappa shape index (κ1) is 14.5. The largest absolute Gasteiger partial charge is 0.465 e. The van der Waals surface area contributed by atoms with Crippen molar-refractivity contribution in [3.63, 3.8) is 0 Å². The smallest absolute Gasteiger partial charge is 0.325 e. The summed E-state index contributed by atoms with van der Waals surface area (Å²) in [4.78, 5) is 25.5. The maximum absolute atomic E-state index is 12.4. The van der Waals surface area contributed by atoms with Crippen LogP contribution >= 0.6 is 0 Å². The van der Waals surface area contributed by atoms with Gasteiger partial charge in [0.2, 0.25) is 5.91 Å². The van der Waals surface area contributed by atoms with Crippen molar-refractivity contribution >= 4 is 11.9 Å². The second-order valence-electron chi connectivity index (χ2n) is 4.93. The average molecular weight is 280 g/mol. The van der Waals surface area contributed by atoms with Crippen LogP contribution in [-0.2, 0) is 21.4 Å². The van der Waals surface area contributed by atoms with Gasteiger partial charge >= 0.3 is 5.97 Å². The molecule has 7 heteroatoms. The van der Waals surface area contributed by atoms with E-state index in [2.05, 4.69) is 5.10 Å². The average Bonchev–Trinajstić information content (AvgIpc) is 3.16. The Balaban J connectivity index is 2.05. The van der Waals surface area contributed by atoms with Crippen LogP contribution in [0, 0.1) is 0 Å². The molecule has 0 spiro atoms. The summed E-state index contributed by atoms with van der Waals surface area (Å²) in [5.74, 6) is -0.653. The molecule has 0 aromatic carbocycles. The Morgan fingerprint density at radius 3 is 2.80 bits per heavy atom. The molecule has 7 nitrogen and oxygen atoms in total. The van der Waals surface area contributed by atoms with Crippen LogP contribution in [0.5, 0.6) is 0 Å². The lowest BCUT2D eigenvalue weighted by Crippen LogP contribution is -2.43. The molecule has 1 atom stereocenters. The molecule has 20 heavy (non-hydrogen) atoms. The van der Waals surface area contributed by atoms with E-state index in [1.165, 1.54) is 4.90 Å². The third-order valence-corrected chi connectivity index (χ3v) is 3.23. The van der Waals surface area contributed by atoms with Crippen molar-refractivity contribution < 1.29 is 14.3 Å². The molecule has 1 saturated carbocycles. The summed E-state index contributed by atoms with van der Waals surface area (Å²) in [5, 5.41) is 4.00. The number of esters is 1. The van der Waals surface area contributed by atoms with Gasteiger partial charge in [0, 0.05) is 24.8 Å². The number of amides is 1. The van der Waals surface area contributed by atoms with Crippen LogP contribution in [0.25, 0.3) is 0 Å². The zero-order valence-corrected chi connectivity index (χ0v) is 11.8. The molecule has 1 aromatic rings. The second-order valence-corrected chi connectivity index (χ2v) is 4.93. The molecule has 2 rings (SSSR count). The fourth-order valence-corrected chi connectivity index (χ4v) is 2.04. The quantitative estimate of drug-likeness (QED) is 0.739. The first-order valence-corrected chi connectivity index (χ1v) is 6.73. The van der Waals surface area contributed by atoms with Gasteiger partial charge in [0.05, 0.1) is 12.8 Å². The Labute approximate surface area is 117 Å². The number of aromatic nitrogens is 2. The summed E-state index contributed by atoms with van der Waals surface area (Å²) >= 11 is 0. The van der Waals surface area contributed by atoms with Crippen LogP contribution in [0.3, 0.4) is 0 Å². The monoisotopic (exact) mass is 280 g/mol. The molecule has 0 bridgehead atoms. The van der Waals surface area contributed by atoms with Crippen LogP contribution < -0.4 is 5.73 Å². The van der Waals surface area contributed by atoms with Gasteiger partial charge in [-0.1, -0.05) is 0 Å². The molecule has 1 amide bonds. The highest BCUT2D eigenvalue weighted by Crippen LogP contribution is 2.29. The SMILES string of the molecule is CCOC(=O)CN(C(=O)C(N)c1cnn(C)c1)C1CC1. The maximum Gasteiger partial charge on any atom is 0.325 e. The normalized spacial score (nSPS) is 15.8. The number of nitrogens with zero attached hydrogens (tertiary/aromatic N) is 3. The summed E-state index contributed by atoms with van der Waals surface area (Å²) in [6, 6.07) is -0.687. The molecule has 2 N–H and O–H groups in total. The van der Waals surface area contributed by atoms with Gasteiger partial charge in [-0.2, -0.15) is 5.10 Å². The molecule has 0 radical (unpaired) electrons. The molecule has 0 saturated heterocycles. The molecule has 1 aliphatic carbocycles. The molecule has 1 fully saturated rings. The summed E-state index contributed by atoms with van der Waals surface area (Å²) in [6.07, 6.45) is 5.09. The third kappa shape index (κ3) is 3.36. The van der Waals surface area contributed by atoms with Crippen molar-refractivity contribution in [1.82, 2.24) is 14.7 Å². The number of carbonyl (C=O) groups excluding carboxylic acids is 2. The number of hydrogen-bond acceptors (Lipinski definition) is 5. The van der Waals surface area contributed by atoms with E-state index in [9.17, 15) is 9.59 Å². The molecule has 1 unspecified atom stereocenters. The van der Waals surface area contributed by atoms with E-state index in [0.717, 1.165) is 12.8 Å². The highest BCUT2D eigenvalue weighted by atomic mass is 16.5. The number of carbonyl (C=O) groups is 2. The summed E-state index contributed by atoms with van der Waals surface area (Å²) < 4.78 is 6.49. The first-order chi connectivity index (χ1) is 9.52. The van der Waals surface area contributed by atoms with E-state index < -0.39 is 12.0 Å². The van der Waals surface area contributed by atoms with E-state index in [1.54, 1.807) is 31.0 Å². The second kappa shape index (κ2) is 6.04. The lowest BCUT2D eigenvalue weighted by atomic mass is 10.1. The highest BCUT2D eigenvalue weighted by molar-refractivity contribution is 5.87. The van der Waals surface area contributed by atoms with E-state index in [-0.39, 0.29) is 18.5 Å². The first-order valence-electron chi connectivity index (χ1n) is 6.73. The molecule has 0 aliphatic heterocycles. The molecule has 1 heterocycles. The summed E-state index contributed by atoms with van der Waals surface area (Å²) in [7, 11) is 1.76. The molecule has 1 aromatic heterocycles. The van der Waals surface area contributed by atoms with Crippen molar-refractivity contribution in [2.75, 3.05) is 13.2 Å². The molecular weight excluding hydrogens is 260 g/mol. The zero-order chi connectivity index (χ0) is 14.7. The van der Waals surface area contributed by atoms with E-state index >= 15 is 0 Å². The van der Waals surface area contributed by atoms with E-state index in [0.29, 0.717) is 12.2 Å². The number of nitrogens with two attached hydrogens (primary N) is 1. The predicted molar refractivity (Wildman–Crippen MR) is 71.5 cm³/mol. The Morgan fingerprint density at radius 2 is 2.30 bits per heavy atom. The van der Waals surface area contributed by atoms with Crippen molar-refractivity contribution in [3.05, 3.63) is 18.0 Å².